The van der Waals surface area contributed by atoms with E-state index in [1.54, 1.807) is 6.92 Å². The summed E-state index contributed by atoms with van der Waals surface area (Å²) in [6.07, 6.45) is 1.37. The van der Waals surface area contributed by atoms with E-state index in [0.717, 1.165) is 0 Å². The molecule has 33 heavy (non-hydrogen) atoms. The number of methoxy groups -OCH3 is 1. The average Bonchev–Trinajstić information content (AvgIpc) is 2.79. The topological polar surface area (TPSA) is 122 Å². The van der Waals surface area contributed by atoms with Gasteiger partial charge in [0, 0.05) is 18.8 Å². The van der Waals surface area contributed by atoms with Crippen molar-refractivity contribution in [2.75, 3.05) is 36.4 Å². The molecule has 0 spiro atoms. The molecule has 0 bridgehead atoms. The molecule has 2 aromatic carbocycles. The molecule has 1 heterocycles. The lowest BCUT2D eigenvalue weighted by atomic mass is 9.97. The molecule has 1 saturated heterocycles. The Morgan fingerprint density at radius 2 is 2.00 bits per heavy atom. The van der Waals surface area contributed by atoms with Gasteiger partial charge in [-0.05, 0) is 56.2 Å². The van der Waals surface area contributed by atoms with Gasteiger partial charge in [-0.25, -0.2) is 13.2 Å². The van der Waals surface area contributed by atoms with Crippen LogP contribution in [0.25, 0.3) is 0 Å². The van der Waals surface area contributed by atoms with Crippen molar-refractivity contribution in [3.05, 3.63) is 47.0 Å². The van der Waals surface area contributed by atoms with Crippen LogP contribution < -0.4 is 14.4 Å². The number of hydrogen-bond acceptors (Lipinski definition) is 7. The monoisotopic (exact) mass is 496 g/mol. The van der Waals surface area contributed by atoms with Crippen LogP contribution >= 0.6 is 11.6 Å². The summed E-state index contributed by atoms with van der Waals surface area (Å²) in [6, 6.07) is 8.29. The number of halogens is 1. The predicted molar refractivity (Wildman–Crippen MR) is 124 cm³/mol. The molecular weight excluding hydrogens is 472 g/mol. The lowest BCUT2D eigenvalue weighted by molar-refractivity contribution is -0.148. The van der Waals surface area contributed by atoms with E-state index in [-0.39, 0.29) is 39.7 Å². The third-order valence-corrected chi connectivity index (χ3v) is 6.97. The van der Waals surface area contributed by atoms with Crippen LogP contribution in [0, 0.1) is 5.92 Å². The van der Waals surface area contributed by atoms with Gasteiger partial charge in [0.05, 0.1) is 40.8 Å². The van der Waals surface area contributed by atoms with Gasteiger partial charge in [-0.2, -0.15) is 0 Å². The molecule has 1 fully saturated rings. The summed E-state index contributed by atoms with van der Waals surface area (Å²) in [4.78, 5) is 25.8. The number of carbonyl (C=O) groups is 2. The molecule has 0 aliphatic carbocycles. The van der Waals surface area contributed by atoms with Gasteiger partial charge in [0.2, 0.25) is 0 Å². The number of piperidine rings is 1. The molecule has 1 aliphatic heterocycles. The maximum Gasteiger partial charge on any atom is 0.337 e. The SMILES string of the molecule is CCOC(=O)C1CCCN(c2ccc(NS(=O)(=O)c3ccc(OC)c(Cl)c3)cc2C(=O)O)C1. The number of rotatable bonds is 8. The largest absolute Gasteiger partial charge is 0.495 e. The number of nitrogens with zero attached hydrogens (tertiary/aromatic N) is 1. The quantitative estimate of drug-likeness (QED) is 0.531. The number of aromatic carboxylic acids is 1. The van der Waals surface area contributed by atoms with Crippen molar-refractivity contribution in [1.82, 2.24) is 0 Å². The second-order valence-electron chi connectivity index (χ2n) is 7.48. The minimum atomic E-state index is -4.03. The average molecular weight is 497 g/mol. The maximum absolute atomic E-state index is 12.8. The highest BCUT2D eigenvalue weighted by Crippen LogP contribution is 2.31. The van der Waals surface area contributed by atoms with Gasteiger partial charge in [-0.3, -0.25) is 9.52 Å². The fraction of sp³-hybridized carbons (Fsp3) is 0.364. The first-order chi connectivity index (χ1) is 15.7. The summed E-state index contributed by atoms with van der Waals surface area (Å²) in [5.41, 5.74) is 0.418. The van der Waals surface area contributed by atoms with Crippen LogP contribution in [0.15, 0.2) is 41.3 Å². The molecule has 0 aromatic heterocycles. The molecule has 178 valence electrons. The van der Waals surface area contributed by atoms with Gasteiger partial charge >= 0.3 is 11.9 Å². The number of sulfonamides is 1. The summed E-state index contributed by atoms with van der Waals surface area (Å²) in [7, 11) is -2.61. The number of ether oxygens (including phenoxy) is 2. The third kappa shape index (κ3) is 5.69. The molecule has 1 atom stereocenters. The van der Waals surface area contributed by atoms with Crippen LogP contribution in [-0.4, -0.2) is 52.3 Å². The molecule has 11 heteroatoms. The molecule has 9 nitrogen and oxygen atoms in total. The number of anilines is 2. The number of esters is 1. The predicted octanol–water partition coefficient (Wildman–Crippen LogP) is 3.63. The highest BCUT2D eigenvalue weighted by molar-refractivity contribution is 7.92. The first-order valence-electron chi connectivity index (χ1n) is 10.3. The number of carbonyl (C=O) groups excluding carboxylic acids is 1. The van der Waals surface area contributed by atoms with Crippen LogP contribution in [0.2, 0.25) is 5.02 Å². The number of carboxylic acids is 1. The Kier molecular flexibility index (Phi) is 7.70. The van der Waals surface area contributed by atoms with Crippen molar-refractivity contribution in [2.24, 2.45) is 5.92 Å². The van der Waals surface area contributed by atoms with Crippen molar-refractivity contribution in [2.45, 2.75) is 24.7 Å². The lowest BCUT2D eigenvalue weighted by Crippen LogP contribution is -2.40. The molecule has 2 aromatic rings. The van der Waals surface area contributed by atoms with E-state index in [4.69, 9.17) is 21.1 Å². The van der Waals surface area contributed by atoms with Crippen molar-refractivity contribution in [1.29, 1.82) is 0 Å². The smallest absolute Gasteiger partial charge is 0.337 e. The second kappa shape index (κ2) is 10.3. The second-order valence-corrected chi connectivity index (χ2v) is 9.57. The molecule has 1 unspecified atom stereocenters. The lowest BCUT2D eigenvalue weighted by Gasteiger charge is -2.34. The number of nitrogens with one attached hydrogen (secondary N) is 1. The molecule has 3 rings (SSSR count). The molecule has 0 amide bonds. The van der Waals surface area contributed by atoms with E-state index in [1.165, 1.54) is 43.5 Å². The van der Waals surface area contributed by atoms with E-state index in [1.807, 2.05) is 4.90 Å². The molecule has 0 radical (unpaired) electrons. The third-order valence-electron chi connectivity index (χ3n) is 5.29. The first kappa shape index (κ1) is 24.7. The van der Waals surface area contributed by atoms with Crippen LogP contribution in [0.4, 0.5) is 11.4 Å². The first-order valence-corrected chi connectivity index (χ1v) is 12.2. The Labute approximate surface area is 197 Å². The van der Waals surface area contributed by atoms with Gasteiger partial charge < -0.3 is 19.5 Å². The zero-order valence-corrected chi connectivity index (χ0v) is 19.8. The Hall–Kier alpha value is -2.98. The van der Waals surface area contributed by atoms with Crippen LogP contribution in [-0.2, 0) is 19.6 Å². The normalized spacial score (nSPS) is 16.2. The Morgan fingerprint density at radius 3 is 2.64 bits per heavy atom. The number of benzene rings is 2. The molecular formula is C22H25ClN2O7S. The van der Waals surface area contributed by atoms with Crippen molar-refractivity contribution >= 4 is 44.9 Å². The minimum Gasteiger partial charge on any atom is -0.495 e. The van der Waals surface area contributed by atoms with Gasteiger partial charge in [-0.1, -0.05) is 11.6 Å². The van der Waals surface area contributed by atoms with Crippen LogP contribution in [0.5, 0.6) is 5.75 Å². The summed E-state index contributed by atoms with van der Waals surface area (Å²) in [6.45, 7) is 2.92. The fourth-order valence-corrected chi connectivity index (χ4v) is 5.12. The fourth-order valence-electron chi connectivity index (χ4n) is 3.72. The van der Waals surface area contributed by atoms with Crippen molar-refractivity contribution in [3.63, 3.8) is 0 Å². The van der Waals surface area contributed by atoms with Gasteiger partial charge in [0.15, 0.2) is 0 Å². The molecule has 1 aliphatic rings. The highest BCUT2D eigenvalue weighted by Gasteiger charge is 2.29. The summed E-state index contributed by atoms with van der Waals surface area (Å²) in [5, 5.41) is 9.89. The van der Waals surface area contributed by atoms with Crippen LogP contribution in [0.1, 0.15) is 30.1 Å². The van der Waals surface area contributed by atoms with Gasteiger partial charge in [-0.15, -0.1) is 0 Å². The Balaban J connectivity index is 1.86. The van der Waals surface area contributed by atoms with E-state index in [0.29, 0.717) is 37.4 Å². The number of hydrogen-bond donors (Lipinski definition) is 2. The Bertz CT molecular complexity index is 1150. The van der Waals surface area contributed by atoms with Gasteiger partial charge in [0.25, 0.3) is 10.0 Å². The maximum atomic E-state index is 12.8. The summed E-state index contributed by atoms with van der Waals surface area (Å²) in [5.74, 6) is -1.53. The molecule has 0 saturated carbocycles. The summed E-state index contributed by atoms with van der Waals surface area (Å²) >= 11 is 6.03. The van der Waals surface area contributed by atoms with Crippen molar-refractivity contribution < 1.29 is 32.6 Å². The van der Waals surface area contributed by atoms with Crippen LogP contribution in [0.3, 0.4) is 0 Å². The minimum absolute atomic E-state index is 0.0764. The van der Waals surface area contributed by atoms with Gasteiger partial charge in [0.1, 0.15) is 5.75 Å². The summed E-state index contributed by atoms with van der Waals surface area (Å²) < 4.78 is 38.1. The zero-order valence-electron chi connectivity index (χ0n) is 18.2. The van der Waals surface area contributed by atoms with E-state index >= 15 is 0 Å². The van der Waals surface area contributed by atoms with E-state index in [2.05, 4.69) is 4.72 Å². The standard InChI is InChI=1S/C22H25ClN2O7S/c1-3-32-22(28)14-5-4-10-25(13-14)19-8-6-15(11-17(19)21(26)27)24-33(29,30)16-7-9-20(31-2)18(23)12-16/h6-9,11-12,14,24H,3-5,10,13H2,1-2H3,(H,26,27). The Morgan fingerprint density at radius 1 is 1.24 bits per heavy atom. The van der Waals surface area contributed by atoms with E-state index < -0.39 is 16.0 Å². The van der Waals surface area contributed by atoms with E-state index in [9.17, 15) is 23.1 Å². The number of carboxylic acid groups (broad SMARTS) is 1. The van der Waals surface area contributed by atoms with Crippen molar-refractivity contribution in [3.8, 4) is 5.75 Å². The highest BCUT2D eigenvalue weighted by atomic mass is 35.5. The molecule has 2 N–H and O–H groups in total. The zero-order chi connectivity index (χ0) is 24.2.